The minimum atomic E-state index is -3.49. The molecule has 0 spiro atoms. The SMILES string of the molecule is N[Se](N)(=[Se])(c1ccccc1)c1ccccc1. The van der Waals surface area contributed by atoms with Gasteiger partial charge in [-0.25, -0.2) is 0 Å². The zero-order valence-electron chi connectivity index (χ0n) is 8.74. The van der Waals surface area contributed by atoms with E-state index < -0.39 is 9.87 Å². The van der Waals surface area contributed by atoms with Gasteiger partial charge in [0.25, 0.3) is 0 Å². The molecule has 2 nitrogen and oxygen atoms in total. The topological polar surface area (TPSA) is 52.0 Å². The van der Waals surface area contributed by atoms with Gasteiger partial charge >= 0.3 is 103 Å². The van der Waals surface area contributed by atoms with Crippen LogP contribution in [0.4, 0.5) is 0 Å². The number of benzene rings is 2. The Bertz CT molecular complexity index is 498. The van der Waals surface area contributed by atoms with Crippen LogP contribution in [0.5, 0.6) is 0 Å². The van der Waals surface area contributed by atoms with Crippen molar-refractivity contribution in [1.29, 1.82) is 0 Å². The third kappa shape index (κ3) is 2.09. The van der Waals surface area contributed by atoms with Crippen LogP contribution in [0.15, 0.2) is 60.7 Å². The van der Waals surface area contributed by atoms with E-state index in [0.29, 0.717) is 0 Å². The molecule has 0 aliphatic heterocycles. The van der Waals surface area contributed by atoms with Crippen LogP contribution in [-0.4, -0.2) is 23.5 Å². The van der Waals surface area contributed by atoms with E-state index in [1.807, 2.05) is 60.7 Å². The first-order chi connectivity index (χ1) is 7.49. The molecule has 4 heteroatoms. The van der Waals surface area contributed by atoms with Crippen molar-refractivity contribution < 1.29 is 0 Å². The summed E-state index contributed by atoms with van der Waals surface area (Å²) in [7, 11) is -3.49. The fourth-order valence-electron chi connectivity index (χ4n) is 1.54. The van der Waals surface area contributed by atoms with Crippen molar-refractivity contribution in [2.45, 2.75) is 0 Å². The third-order valence-corrected chi connectivity index (χ3v) is 11.9. The molecule has 0 heterocycles. The van der Waals surface area contributed by atoms with E-state index >= 15 is 0 Å². The molecule has 0 radical (unpaired) electrons. The van der Waals surface area contributed by atoms with Gasteiger partial charge in [-0.05, 0) is 0 Å². The number of hydrogen-bond acceptors (Lipinski definition) is 2. The molecule has 0 atom stereocenters. The van der Waals surface area contributed by atoms with Crippen LogP contribution in [0.1, 0.15) is 0 Å². The van der Waals surface area contributed by atoms with E-state index in [1.165, 1.54) is 0 Å². The van der Waals surface area contributed by atoms with E-state index in [4.69, 9.17) is 9.50 Å². The molecule has 2 aromatic carbocycles. The number of hydrogen-bond donors (Lipinski definition) is 2. The second kappa shape index (κ2) is 4.01. The number of rotatable bonds is 2. The second-order valence-electron chi connectivity index (χ2n) is 3.69. The van der Waals surface area contributed by atoms with Crippen LogP contribution < -0.4 is 18.4 Å². The van der Waals surface area contributed by atoms with Crippen LogP contribution in [0.2, 0.25) is 0 Å². The average Bonchev–Trinajstić information content (AvgIpc) is 2.31. The first-order valence-corrected chi connectivity index (χ1v) is 12.9. The summed E-state index contributed by atoms with van der Waals surface area (Å²) in [5.74, 6) is 0. The Morgan fingerprint density at radius 2 is 1.00 bits per heavy atom. The molecule has 0 saturated carbocycles. The maximum absolute atomic E-state index is 6.49. The van der Waals surface area contributed by atoms with Crippen molar-refractivity contribution in [3.8, 4) is 0 Å². The zero-order valence-corrected chi connectivity index (χ0v) is 12.2. The van der Waals surface area contributed by atoms with E-state index in [2.05, 4.69) is 13.7 Å². The second-order valence-corrected chi connectivity index (χ2v) is 18.0. The molecule has 0 aromatic heterocycles. The summed E-state index contributed by atoms with van der Waals surface area (Å²) in [5.41, 5.74) is 0. The molecule has 0 bridgehead atoms. The summed E-state index contributed by atoms with van der Waals surface area (Å²) in [6.45, 7) is 0. The van der Waals surface area contributed by atoms with Gasteiger partial charge in [-0.1, -0.05) is 0 Å². The Morgan fingerprint density at radius 3 is 1.31 bits per heavy atom. The van der Waals surface area contributed by atoms with Gasteiger partial charge < -0.3 is 0 Å². The summed E-state index contributed by atoms with van der Waals surface area (Å²) >= 11 is 3.08. The first kappa shape index (κ1) is 11.9. The summed E-state index contributed by atoms with van der Waals surface area (Å²) in [6.07, 6.45) is 0. The Labute approximate surface area is 102 Å². The van der Waals surface area contributed by atoms with Crippen molar-refractivity contribution in [1.82, 2.24) is 0 Å². The van der Waals surface area contributed by atoms with Crippen LogP contribution in [0.3, 0.4) is 0 Å². The van der Waals surface area contributed by atoms with Crippen LogP contribution in [0.25, 0.3) is 0 Å². The molecule has 0 saturated heterocycles. The minimum absolute atomic E-state index is 1.01. The zero-order chi connectivity index (χ0) is 11.7. The predicted octanol–water partition coefficient (Wildman–Crippen LogP) is -0.220. The summed E-state index contributed by atoms with van der Waals surface area (Å²) < 4.78 is 15.0. The molecule has 4 N–H and O–H groups in total. The van der Waals surface area contributed by atoms with Crippen molar-refractivity contribution >= 4 is 32.4 Å². The predicted molar refractivity (Wildman–Crippen MR) is 72.0 cm³/mol. The Kier molecular flexibility index (Phi) is 2.97. The quantitative estimate of drug-likeness (QED) is 0.741. The van der Waals surface area contributed by atoms with Gasteiger partial charge in [0, 0.05) is 0 Å². The van der Waals surface area contributed by atoms with Crippen LogP contribution >= 0.6 is 0 Å². The van der Waals surface area contributed by atoms with Gasteiger partial charge in [-0.15, -0.1) is 0 Å². The van der Waals surface area contributed by atoms with Gasteiger partial charge in [0.2, 0.25) is 0 Å². The fourth-order valence-corrected chi connectivity index (χ4v) is 7.55. The van der Waals surface area contributed by atoms with E-state index in [9.17, 15) is 0 Å². The maximum atomic E-state index is 6.49. The third-order valence-electron chi connectivity index (χ3n) is 2.46. The van der Waals surface area contributed by atoms with Crippen molar-refractivity contribution in [2.75, 3.05) is 0 Å². The van der Waals surface area contributed by atoms with Crippen LogP contribution in [-0.2, 0) is 0 Å². The molecule has 84 valence electrons. The van der Waals surface area contributed by atoms with Crippen LogP contribution in [0, 0.1) is 0 Å². The molecule has 0 fully saturated rings. The molecule has 2 rings (SSSR count). The van der Waals surface area contributed by atoms with E-state index in [1.54, 1.807) is 0 Å². The van der Waals surface area contributed by atoms with Crippen molar-refractivity contribution in [3.05, 3.63) is 60.7 Å². The molecule has 0 aliphatic rings. The van der Waals surface area contributed by atoms with Crippen molar-refractivity contribution in [3.63, 3.8) is 0 Å². The number of nitrogens with two attached hydrogens (primary N) is 2. The molecular formula is C12H14N2Se2. The van der Waals surface area contributed by atoms with Gasteiger partial charge in [0.1, 0.15) is 0 Å². The molecule has 0 aliphatic carbocycles. The normalized spacial score (nSPS) is 14.0. The monoisotopic (exact) mass is 346 g/mol. The molecule has 0 unspecified atom stereocenters. The van der Waals surface area contributed by atoms with Gasteiger partial charge in [0.05, 0.1) is 0 Å². The molecular weight excluding hydrogens is 330 g/mol. The Morgan fingerprint density at radius 1 is 0.688 bits per heavy atom. The summed E-state index contributed by atoms with van der Waals surface area (Å²) in [5, 5.41) is 0. The van der Waals surface area contributed by atoms with Gasteiger partial charge in [-0.2, -0.15) is 0 Å². The fraction of sp³-hybridized carbons (Fsp3) is 0. The van der Waals surface area contributed by atoms with Gasteiger partial charge in [0.15, 0.2) is 0 Å². The Hall–Kier alpha value is -0.601. The molecule has 16 heavy (non-hydrogen) atoms. The average molecular weight is 344 g/mol. The standard InChI is InChI=1S/C12H14N2Se2/c13-16(14,15,11-7-3-1-4-8-11)12-9-5-2-6-10-12/h1-10H,(H4,13,14,15). The van der Waals surface area contributed by atoms with E-state index in [0.717, 1.165) is 8.92 Å². The summed E-state index contributed by atoms with van der Waals surface area (Å²) in [6, 6.07) is 19.7. The summed E-state index contributed by atoms with van der Waals surface area (Å²) in [4.78, 5) is 0. The van der Waals surface area contributed by atoms with E-state index in [-0.39, 0.29) is 0 Å². The van der Waals surface area contributed by atoms with Gasteiger partial charge in [-0.3, -0.25) is 0 Å². The Balaban J connectivity index is 2.65. The first-order valence-electron chi connectivity index (χ1n) is 4.87. The molecule has 2 aromatic rings. The molecule has 0 amide bonds. The van der Waals surface area contributed by atoms with Crippen molar-refractivity contribution in [2.24, 2.45) is 9.50 Å².